The minimum Gasteiger partial charge on any atom is -0.507 e. The van der Waals surface area contributed by atoms with Crippen LogP contribution in [-0.4, -0.2) is 5.11 Å². The molecule has 0 saturated heterocycles. The van der Waals surface area contributed by atoms with Gasteiger partial charge in [-0.2, -0.15) is 0 Å². The minimum absolute atomic E-state index is 0.00771. The summed E-state index contributed by atoms with van der Waals surface area (Å²) in [5, 5.41) is 16.5. The molecule has 5 aromatic carbocycles. The highest BCUT2D eigenvalue weighted by atomic mass is 16.3. The Labute approximate surface area is 129 Å². The van der Waals surface area contributed by atoms with Crippen molar-refractivity contribution < 1.29 is 5.11 Å². The van der Waals surface area contributed by atoms with Crippen LogP contribution in [0.5, 0.6) is 5.75 Å². The van der Waals surface area contributed by atoms with Crippen LogP contribution in [0.25, 0.3) is 43.1 Å². The summed E-state index contributed by atoms with van der Waals surface area (Å²) in [6, 6.07) is 15.6. The Balaban J connectivity index is 2.32. The zero-order valence-corrected chi connectivity index (χ0v) is 12.0. The van der Waals surface area contributed by atoms with Crippen molar-refractivity contribution in [3.8, 4) is 5.75 Å². The maximum Gasteiger partial charge on any atom is 0.190 e. The van der Waals surface area contributed by atoms with Gasteiger partial charge in [-0.1, -0.05) is 24.3 Å². The number of fused-ring (bicyclic) bond motifs is 2. The average Bonchev–Trinajstić information content (AvgIpc) is 2.56. The maximum atomic E-state index is 12.2. The minimum atomic E-state index is -0.195. The summed E-state index contributed by atoms with van der Waals surface area (Å²) in [5.74, 6) is -0.00771. The number of phenols is 1. The molecule has 0 heterocycles. The zero-order valence-electron chi connectivity index (χ0n) is 12.0. The molecule has 108 valence electrons. The van der Waals surface area contributed by atoms with Gasteiger partial charge in [0.2, 0.25) is 0 Å². The third-order valence-electron chi connectivity index (χ3n) is 4.68. The standard InChI is InChI=1S/C20H10O3/c21-15-7-4-11-13-6-9-17(23)20-16(22)8-5-12(19(13)20)10-2-1-3-14(15)18(10)11/h1-9,22H. The smallest absolute Gasteiger partial charge is 0.190 e. The van der Waals surface area contributed by atoms with Crippen LogP contribution < -0.4 is 10.9 Å². The fourth-order valence-electron chi connectivity index (χ4n) is 3.72. The molecule has 0 unspecified atom stereocenters. The van der Waals surface area contributed by atoms with E-state index in [0.717, 1.165) is 32.3 Å². The molecule has 1 N–H and O–H groups in total. The maximum absolute atomic E-state index is 12.2. The summed E-state index contributed by atoms with van der Waals surface area (Å²) in [6.07, 6.45) is 0. The first-order chi connectivity index (χ1) is 11.2. The molecule has 3 nitrogen and oxygen atoms in total. The van der Waals surface area contributed by atoms with Gasteiger partial charge >= 0.3 is 0 Å². The van der Waals surface area contributed by atoms with Crippen molar-refractivity contribution in [1.29, 1.82) is 0 Å². The second-order valence-corrected chi connectivity index (χ2v) is 5.83. The second-order valence-electron chi connectivity index (χ2n) is 5.83. The zero-order chi connectivity index (χ0) is 15.7. The lowest BCUT2D eigenvalue weighted by molar-refractivity contribution is 0.481. The van der Waals surface area contributed by atoms with Crippen molar-refractivity contribution >= 4 is 43.1 Å². The van der Waals surface area contributed by atoms with Crippen LogP contribution in [0.4, 0.5) is 0 Å². The van der Waals surface area contributed by atoms with E-state index in [9.17, 15) is 14.7 Å². The number of phenolic OH excluding ortho intramolecular Hbond substituents is 1. The SMILES string of the molecule is O=c1ccc2c3ccc(=O)c4c(O)ccc(c5cccc1c52)c43. The molecule has 0 aliphatic carbocycles. The van der Waals surface area contributed by atoms with Crippen molar-refractivity contribution in [3.05, 3.63) is 75.0 Å². The van der Waals surface area contributed by atoms with E-state index in [4.69, 9.17) is 0 Å². The number of aromatic hydroxyl groups is 1. The first kappa shape index (κ1) is 12.4. The molecule has 0 fully saturated rings. The summed E-state index contributed by atoms with van der Waals surface area (Å²) in [4.78, 5) is 24.4. The molecule has 0 spiro atoms. The van der Waals surface area contributed by atoms with E-state index in [-0.39, 0.29) is 16.6 Å². The molecule has 0 aromatic heterocycles. The van der Waals surface area contributed by atoms with Gasteiger partial charge in [0, 0.05) is 16.2 Å². The number of hydrogen-bond acceptors (Lipinski definition) is 3. The predicted octanol–water partition coefficient (Wildman–Crippen LogP) is 3.60. The molecule has 0 saturated carbocycles. The number of hydrogen-bond donors (Lipinski definition) is 1. The van der Waals surface area contributed by atoms with Gasteiger partial charge in [0.15, 0.2) is 10.9 Å². The monoisotopic (exact) mass is 298 g/mol. The van der Waals surface area contributed by atoms with Crippen LogP contribution in [-0.2, 0) is 0 Å². The predicted molar refractivity (Wildman–Crippen MR) is 93.0 cm³/mol. The fraction of sp³-hybridized carbons (Fsp3) is 0. The largest absolute Gasteiger partial charge is 0.507 e. The van der Waals surface area contributed by atoms with Crippen molar-refractivity contribution in [1.82, 2.24) is 0 Å². The first-order valence-electron chi connectivity index (χ1n) is 7.36. The third kappa shape index (κ3) is 1.39. The summed E-state index contributed by atoms with van der Waals surface area (Å²) in [7, 11) is 0. The van der Waals surface area contributed by atoms with Gasteiger partial charge in [0.05, 0.1) is 5.39 Å². The molecule has 0 atom stereocenters. The van der Waals surface area contributed by atoms with Crippen LogP contribution in [0.3, 0.4) is 0 Å². The lowest BCUT2D eigenvalue weighted by Crippen LogP contribution is -2.03. The molecule has 5 rings (SSSR count). The molecule has 0 aliphatic rings. The summed E-state index contributed by atoms with van der Waals surface area (Å²) >= 11 is 0. The highest BCUT2D eigenvalue weighted by Crippen LogP contribution is 2.40. The number of benzene rings is 5. The van der Waals surface area contributed by atoms with Gasteiger partial charge in [0.25, 0.3) is 0 Å². The molecule has 23 heavy (non-hydrogen) atoms. The van der Waals surface area contributed by atoms with Gasteiger partial charge in [-0.15, -0.1) is 0 Å². The van der Waals surface area contributed by atoms with E-state index >= 15 is 0 Å². The van der Waals surface area contributed by atoms with Crippen LogP contribution in [0.1, 0.15) is 0 Å². The normalized spacial score (nSPS) is 12.0. The fourth-order valence-corrected chi connectivity index (χ4v) is 3.72. The van der Waals surface area contributed by atoms with E-state index < -0.39 is 0 Å². The lowest BCUT2D eigenvalue weighted by atomic mass is 9.89. The molecular formula is C20H10O3. The van der Waals surface area contributed by atoms with Gasteiger partial charge in [-0.3, -0.25) is 9.59 Å². The van der Waals surface area contributed by atoms with Crippen molar-refractivity contribution in [2.75, 3.05) is 0 Å². The summed E-state index contributed by atoms with van der Waals surface area (Å²) in [5.41, 5.74) is -0.205. The number of rotatable bonds is 0. The molecule has 0 aliphatic heterocycles. The quantitative estimate of drug-likeness (QED) is 0.351. The van der Waals surface area contributed by atoms with Gasteiger partial charge in [-0.25, -0.2) is 0 Å². The van der Waals surface area contributed by atoms with E-state index in [1.54, 1.807) is 24.3 Å². The first-order valence-corrected chi connectivity index (χ1v) is 7.36. The Hall–Kier alpha value is -3.20. The Morgan fingerprint density at radius 1 is 0.522 bits per heavy atom. The van der Waals surface area contributed by atoms with E-state index in [1.165, 1.54) is 6.07 Å². The lowest BCUT2D eigenvalue weighted by Gasteiger charge is -2.13. The molecule has 0 radical (unpaired) electrons. The third-order valence-corrected chi connectivity index (χ3v) is 4.68. The molecule has 0 bridgehead atoms. The van der Waals surface area contributed by atoms with Crippen LogP contribution >= 0.6 is 0 Å². The Bertz CT molecular complexity index is 1330. The summed E-state index contributed by atoms with van der Waals surface area (Å²) < 4.78 is 0. The average molecular weight is 298 g/mol. The highest BCUT2D eigenvalue weighted by molar-refractivity contribution is 6.33. The van der Waals surface area contributed by atoms with Gasteiger partial charge in [-0.05, 0) is 51.9 Å². The Morgan fingerprint density at radius 3 is 1.87 bits per heavy atom. The van der Waals surface area contributed by atoms with E-state index in [1.807, 2.05) is 24.3 Å². The topological polar surface area (TPSA) is 54.4 Å². The Morgan fingerprint density at radius 2 is 1.09 bits per heavy atom. The summed E-state index contributed by atoms with van der Waals surface area (Å²) in [6.45, 7) is 0. The van der Waals surface area contributed by atoms with Crippen molar-refractivity contribution in [2.24, 2.45) is 0 Å². The second kappa shape index (κ2) is 3.96. The molecular weight excluding hydrogens is 288 g/mol. The van der Waals surface area contributed by atoms with Gasteiger partial charge < -0.3 is 5.11 Å². The van der Waals surface area contributed by atoms with Crippen LogP contribution in [0.2, 0.25) is 0 Å². The van der Waals surface area contributed by atoms with E-state index in [0.29, 0.717) is 10.8 Å². The van der Waals surface area contributed by atoms with Crippen LogP contribution in [0.15, 0.2) is 64.2 Å². The van der Waals surface area contributed by atoms with Crippen LogP contribution in [0, 0.1) is 0 Å². The molecule has 3 heteroatoms. The van der Waals surface area contributed by atoms with Gasteiger partial charge in [0.1, 0.15) is 5.75 Å². The molecule has 5 aromatic rings. The Kier molecular flexibility index (Phi) is 2.13. The highest BCUT2D eigenvalue weighted by Gasteiger charge is 2.16. The van der Waals surface area contributed by atoms with Crippen molar-refractivity contribution in [2.45, 2.75) is 0 Å². The molecule has 0 amide bonds. The van der Waals surface area contributed by atoms with Crippen molar-refractivity contribution in [3.63, 3.8) is 0 Å². The van der Waals surface area contributed by atoms with E-state index in [2.05, 4.69) is 0 Å².